The zero-order valence-electron chi connectivity index (χ0n) is 14.5. The minimum Gasteiger partial charge on any atom is -0.449 e. The minimum atomic E-state index is -3.20. The monoisotopic (exact) mass is 397 g/mol. The number of sulfone groups is 1. The van der Waals surface area contributed by atoms with Crippen LogP contribution in [0.25, 0.3) is 0 Å². The van der Waals surface area contributed by atoms with Gasteiger partial charge in [0.2, 0.25) is 0 Å². The Kier molecular flexibility index (Phi) is 6.27. The second-order valence-electron chi connectivity index (χ2n) is 5.93. The number of hydrogen-bond acceptors (Lipinski definition) is 5. The molecule has 1 N–H and O–H groups in total. The molecule has 0 aliphatic carbocycles. The molecule has 0 aliphatic rings. The van der Waals surface area contributed by atoms with Crippen molar-refractivity contribution < 1.29 is 31.5 Å². The number of halogens is 2. The third-order valence-corrected chi connectivity index (χ3v) is 4.32. The van der Waals surface area contributed by atoms with Gasteiger partial charge in [-0.1, -0.05) is 12.1 Å². The van der Waals surface area contributed by atoms with Gasteiger partial charge in [0.25, 0.3) is 5.91 Å². The first-order chi connectivity index (χ1) is 12.5. The first kappa shape index (κ1) is 20.5. The Morgan fingerprint density at radius 3 is 2.33 bits per heavy atom. The fourth-order valence-corrected chi connectivity index (χ4v) is 2.95. The van der Waals surface area contributed by atoms with E-state index in [0.717, 1.165) is 24.5 Å². The molecule has 2 aromatic rings. The minimum absolute atomic E-state index is 0.115. The second kappa shape index (κ2) is 8.26. The molecule has 0 saturated heterocycles. The lowest BCUT2D eigenvalue weighted by Gasteiger charge is -2.14. The van der Waals surface area contributed by atoms with Crippen molar-refractivity contribution in [2.45, 2.75) is 18.8 Å². The van der Waals surface area contributed by atoms with E-state index in [4.69, 9.17) is 4.74 Å². The smallest absolute Gasteiger partial charge is 0.338 e. The average molecular weight is 397 g/mol. The van der Waals surface area contributed by atoms with Crippen molar-refractivity contribution >= 4 is 27.4 Å². The topological polar surface area (TPSA) is 89.5 Å². The molecule has 27 heavy (non-hydrogen) atoms. The molecule has 0 bridgehead atoms. The highest BCUT2D eigenvalue weighted by atomic mass is 32.2. The largest absolute Gasteiger partial charge is 0.449 e. The van der Waals surface area contributed by atoms with Crippen LogP contribution in [0, 0.1) is 11.6 Å². The third kappa shape index (κ3) is 6.14. The van der Waals surface area contributed by atoms with Gasteiger partial charge in [-0.25, -0.2) is 22.0 Å². The van der Waals surface area contributed by atoms with Gasteiger partial charge in [0.15, 0.2) is 15.9 Å². The summed E-state index contributed by atoms with van der Waals surface area (Å²) in [6.07, 6.45) is -0.174. The summed E-state index contributed by atoms with van der Waals surface area (Å²) in [6.45, 7) is 1.28. The summed E-state index contributed by atoms with van der Waals surface area (Å²) in [7, 11) is -3.20. The van der Waals surface area contributed by atoms with Gasteiger partial charge in [0.1, 0.15) is 11.6 Å². The Morgan fingerprint density at radius 1 is 1.11 bits per heavy atom. The van der Waals surface area contributed by atoms with Crippen molar-refractivity contribution in [3.63, 3.8) is 0 Å². The molecule has 0 heterocycles. The van der Waals surface area contributed by atoms with E-state index < -0.39 is 39.5 Å². The van der Waals surface area contributed by atoms with Crippen molar-refractivity contribution in [1.29, 1.82) is 0 Å². The molecule has 0 aliphatic heterocycles. The van der Waals surface area contributed by atoms with Gasteiger partial charge in [-0.05, 0) is 36.8 Å². The van der Waals surface area contributed by atoms with Crippen LogP contribution in [0.4, 0.5) is 14.5 Å². The standard InChI is InChI=1S/C18H17F2NO5S/c1-11(17(22)21-16-9-14(19)7-8-15(16)20)26-18(23)13-5-3-12(4-6-13)10-27(2,24)25/h3-9,11H,10H2,1-2H3,(H,21,22)/t11-/m1/s1. The number of rotatable bonds is 6. The van der Waals surface area contributed by atoms with Crippen LogP contribution in [-0.2, 0) is 25.1 Å². The zero-order chi connectivity index (χ0) is 20.2. The number of anilines is 1. The fraction of sp³-hybridized carbons (Fsp3) is 0.222. The van der Waals surface area contributed by atoms with Crippen LogP contribution in [0.1, 0.15) is 22.8 Å². The maximum absolute atomic E-state index is 13.5. The Bertz CT molecular complexity index is 958. The lowest BCUT2D eigenvalue weighted by Crippen LogP contribution is -2.30. The van der Waals surface area contributed by atoms with Crippen LogP contribution in [0.5, 0.6) is 0 Å². The van der Waals surface area contributed by atoms with Gasteiger partial charge in [0, 0.05) is 12.3 Å². The number of hydrogen-bond donors (Lipinski definition) is 1. The predicted molar refractivity (Wildman–Crippen MR) is 94.9 cm³/mol. The van der Waals surface area contributed by atoms with E-state index in [1.165, 1.54) is 31.2 Å². The van der Waals surface area contributed by atoms with Gasteiger partial charge in [0.05, 0.1) is 17.0 Å². The van der Waals surface area contributed by atoms with E-state index in [1.807, 2.05) is 0 Å². The molecule has 144 valence electrons. The fourth-order valence-electron chi connectivity index (χ4n) is 2.15. The Balaban J connectivity index is 2.00. The predicted octanol–water partition coefficient (Wildman–Crippen LogP) is 2.69. The number of ether oxygens (including phenoxy) is 1. The SMILES string of the molecule is C[C@@H](OC(=O)c1ccc(CS(C)(=O)=O)cc1)C(=O)Nc1cc(F)ccc1F. The van der Waals surface area contributed by atoms with Crippen molar-refractivity contribution in [2.75, 3.05) is 11.6 Å². The molecule has 1 amide bonds. The highest BCUT2D eigenvalue weighted by Gasteiger charge is 2.20. The molecular weight excluding hydrogens is 380 g/mol. The molecule has 0 spiro atoms. The lowest BCUT2D eigenvalue weighted by molar-refractivity contribution is -0.123. The van der Waals surface area contributed by atoms with Crippen LogP contribution in [0.3, 0.4) is 0 Å². The Hall–Kier alpha value is -2.81. The molecule has 2 aromatic carbocycles. The van der Waals surface area contributed by atoms with Gasteiger partial charge >= 0.3 is 5.97 Å². The molecule has 1 atom stereocenters. The zero-order valence-corrected chi connectivity index (χ0v) is 15.3. The molecule has 0 aromatic heterocycles. The number of amides is 1. The summed E-state index contributed by atoms with van der Waals surface area (Å²) in [5, 5.41) is 2.14. The first-order valence-electron chi connectivity index (χ1n) is 7.79. The maximum atomic E-state index is 13.5. The Morgan fingerprint density at radius 2 is 1.74 bits per heavy atom. The number of benzene rings is 2. The highest BCUT2D eigenvalue weighted by molar-refractivity contribution is 7.89. The molecule has 6 nitrogen and oxygen atoms in total. The van der Waals surface area contributed by atoms with Gasteiger partial charge in [-0.2, -0.15) is 0 Å². The molecule has 9 heteroatoms. The average Bonchev–Trinajstić information content (AvgIpc) is 2.57. The van der Waals surface area contributed by atoms with Crippen LogP contribution in [0.2, 0.25) is 0 Å². The summed E-state index contributed by atoms with van der Waals surface area (Å²) >= 11 is 0. The van der Waals surface area contributed by atoms with E-state index in [2.05, 4.69) is 5.32 Å². The summed E-state index contributed by atoms with van der Waals surface area (Å²) in [5.41, 5.74) is 0.248. The molecule has 0 radical (unpaired) electrons. The summed E-state index contributed by atoms with van der Waals surface area (Å²) in [6, 6.07) is 8.25. The normalized spacial score (nSPS) is 12.3. The summed E-state index contributed by atoms with van der Waals surface area (Å²) in [4.78, 5) is 24.1. The lowest BCUT2D eigenvalue weighted by atomic mass is 10.1. The second-order valence-corrected chi connectivity index (χ2v) is 8.07. The van der Waals surface area contributed by atoms with E-state index in [-0.39, 0.29) is 17.0 Å². The molecule has 0 saturated carbocycles. The number of carbonyl (C=O) groups is 2. The van der Waals surface area contributed by atoms with Crippen LogP contribution >= 0.6 is 0 Å². The Labute approximate surface area is 155 Å². The van der Waals surface area contributed by atoms with E-state index in [9.17, 15) is 26.8 Å². The first-order valence-corrected chi connectivity index (χ1v) is 9.85. The molecular formula is C18H17F2NO5S. The summed E-state index contributed by atoms with van der Waals surface area (Å²) < 4.78 is 54.2. The molecule has 0 unspecified atom stereocenters. The van der Waals surface area contributed by atoms with Crippen LogP contribution in [0.15, 0.2) is 42.5 Å². The van der Waals surface area contributed by atoms with Crippen LogP contribution < -0.4 is 5.32 Å². The van der Waals surface area contributed by atoms with Crippen LogP contribution in [-0.4, -0.2) is 32.7 Å². The van der Waals surface area contributed by atoms with Gasteiger partial charge in [-0.15, -0.1) is 0 Å². The van der Waals surface area contributed by atoms with E-state index in [1.54, 1.807) is 0 Å². The van der Waals surface area contributed by atoms with E-state index in [0.29, 0.717) is 5.56 Å². The van der Waals surface area contributed by atoms with Crippen molar-refractivity contribution in [1.82, 2.24) is 0 Å². The number of carbonyl (C=O) groups excluding carboxylic acids is 2. The summed E-state index contributed by atoms with van der Waals surface area (Å²) in [5.74, 6) is -3.37. The third-order valence-electron chi connectivity index (χ3n) is 3.46. The number of esters is 1. The highest BCUT2D eigenvalue weighted by Crippen LogP contribution is 2.16. The van der Waals surface area contributed by atoms with Gasteiger partial charge in [-0.3, -0.25) is 4.79 Å². The van der Waals surface area contributed by atoms with Crippen molar-refractivity contribution in [2.24, 2.45) is 0 Å². The van der Waals surface area contributed by atoms with Crippen molar-refractivity contribution in [3.8, 4) is 0 Å². The van der Waals surface area contributed by atoms with Crippen molar-refractivity contribution in [3.05, 3.63) is 65.2 Å². The van der Waals surface area contributed by atoms with Gasteiger partial charge < -0.3 is 10.1 Å². The van der Waals surface area contributed by atoms with E-state index >= 15 is 0 Å². The number of nitrogens with one attached hydrogen (secondary N) is 1. The molecule has 0 fully saturated rings. The quantitative estimate of drug-likeness (QED) is 0.757. The maximum Gasteiger partial charge on any atom is 0.338 e. The molecule has 2 rings (SSSR count).